The second-order valence-electron chi connectivity index (χ2n) is 35.5. The molecule has 3 saturated carbocycles. The molecule has 0 unspecified atom stereocenters. The number of rotatable bonds is 12. The summed E-state index contributed by atoms with van der Waals surface area (Å²) in [6.45, 7) is 14.2. The smallest absolute Gasteiger partial charge is 0.228 e. The molecule has 12 heteroatoms. The zero-order valence-corrected chi connectivity index (χ0v) is 73.4. The molecule has 0 N–H and O–H groups in total. The Morgan fingerprint density at radius 1 is 0.320 bits per heavy atom. The zero-order chi connectivity index (χ0) is 92.4. The van der Waals surface area contributed by atoms with Gasteiger partial charge in [0.15, 0.2) is 47.1 Å². The fourth-order valence-corrected chi connectivity index (χ4v) is 20.0. The van der Waals surface area contributed by atoms with Crippen molar-refractivity contribution in [3.05, 3.63) is 288 Å². The molecule has 3 fully saturated rings. The minimum absolute atomic E-state index is 0.0680. The van der Waals surface area contributed by atoms with Crippen molar-refractivity contribution in [2.24, 2.45) is 51.9 Å². The number of benzene rings is 8. The van der Waals surface area contributed by atoms with Gasteiger partial charge in [-0.05, 0) is 150 Å². The molecular weight excluding hydrogens is 1530 g/mol. The van der Waals surface area contributed by atoms with Gasteiger partial charge in [-0.1, -0.05) is 249 Å². The zero-order valence-electron chi connectivity index (χ0n) is 81.4. The summed E-state index contributed by atoms with van der Waals surface area (Å²) in [6.07, 6.45) is 22.9. The number of furan rings is 4. The van der Waals surface area contributed by atoms with Crippen LogP contribution in [-0.2, 0) is 53.7 Å². The van der Waals surface area contributed by atoms with Gasteiger partial charge in [0.25, 0.3) is 0 Å². The van der Waals surface area contributed by atoms with Crippen molar-refractivity contribution in [3.8, 4) is 45.0 Å². The normalized spacial score (nSPS) is 15.7. The maximum atomic E-state index is 9.03. The van der Waals surface area contributed by atoms with Crippen molar-refractivity contribution in [1.29, 1.82) is 0 Å². The fraction of sp³-hybridized carbons (Fsp3) is 0.292. The molecule has 12 aromatic heterocycles. The van der Waals surface area contributed by atoms with Crippen molar-refractivity contribution in [2.75, 3.05) is 0 Å². The lowest BCUT2D eigenvalue weighted by molar-refractivity contribution is -0.660. The SMILES string of the molecule is [2H]C([2H])(c1cc[n+](C)c(-c2c(C)ccc3c2oc2nc(C)c4ccccc4c23)c1)C1CCCCC1.[2H]C([2H])(c1cc[n+](C)c(-c2c(C)ccc3c2oc2ncc4ccccc4c23)c1)C(C)C.[2H]C([2H])(c1cc[n+](C)c(-c2c(C)ccc3c2oc2ncc4ccccc4c23)c1)C1CCCC1.[2H]C([2H])(c1cc[n+](C)c(-c2c(C)ccc3c2oc2ncc4ccccc4c23)c1)C1CCCCC1. The van der Waals surface area contributed by atoms with Gasteiger partial charge in [-0.2, -0.15) is 0 Å². The molecule has 0 saturated heterocycles. The average Bonchev–Trinajstić information content (AvgIpc) is 1.60. The second-order valence-corrected chi connectivity index (χ2v) is 35.5. The Balaban J connectivity index is 0.000000110. The van der Waals surface area contributed by atoms with Crippen LogP contribution in [0.1, 0.15) is 165 Å². The summed E-state index contributed by atoms with van der Waals surface area (Å²) in [5.74, 6) is 0.0855. The molecule has 0 amide bonds. The Morgan fingerprint density at radius 2 is 0.600 bits per heavy atom. The minimum Gasteiger partial charge on any atom is -0.437 e. The first-order chi connectivity index (χ1) is 64.0. The van der Waals surface area contributed by atoms with Crippen LogP contribution in [0.25, 0.3) is 176 Å². The lowest BCUT2D eigenvalue weighted by atomic mass is 9.85. The number of nitrogens with zero attached hydrogens (tertiary/aromatic N) is 8. The van der Waals surface area contributed by atoms with Crippen molar-refractivity contribution >= 4 is 131 Å². The molecule has 20 aromatic rings. The van der Waals surface area contributed by atoms with E-state index in [1.165, 1.54) is 12.8 Å². The van der Waals surface area contributed by atoms with Crippen molar-refractivity contribution in [3.63, 3.8) is 0 Å². The van der Waals surface area contributed by atoms with E-state index < -0.39 is 25.5 Å². The molecule has 12 nitrogen and oxygen atoms in total. The average molecular weight is 1650 g/mol. The molecule has 3 aliphatic rings. The van der Waals surface area contributed by atoms with Crippen molar-refractivity contribution < 1.29 is 46.9 Å². The van der Waals surface area contributed by atoms with Gasteiger partial charge in [-0.25, -0.2) is 38.2 Å². The van der Waals surface area contributed by atoms with E-state index in [0.29, 0.717) is 28.4 Å². The quantitative estimate of drug-likeness (QED) is 0.111. The predicted molar refractivity (Wildman–Crippen MR) is 511 cm³/mol. The van der Waals surface area contributed by atoms with Gasteiger partial charge in [0.1, 0.15) is 28.2 Å². The summed E-state index contributed by atoms with van der Waals surface area (Å²) in [7, 11) is 8.04. The van der Waals surface area contributed by atoms with Crippen LogP contribution in [0.3, 0.4) is 0 Å². The Kier molecular flexibility index (Phi) is 19.5. The first kappa shape index (κ1) is 71.6. The maximum Gasteiger partial charge on any atom is 0.228 e. The van der Waals surface area contributed by atoms with E-state index in [1.807, 2.05) is 188 Å². The maximum absolute atomic E-state index is 9.03. The van der Waals surface area contributed by atoms with Crippen LogP contribution >= 0.6 is 0 Å². The molecule has 125 heavy (non-hydrogen) atoms. The highest BCUT2D eigenvalue weighted by Gasteiger charge is 2.30. The third kappa shape index (κ3) is 15.4. The van der Waals surface area contributed by atoms with Crippen LogP contribution in [0.5, 0.6) is 0 Å². The third-order valence-corrected chi connectivity index (χ3v) is 26.5. The van der Waals surface area contributed by atoms with Crippen LogP contribution in [0.2, 0.25) is 0 Å². The first-order valence-electron chi connectivity index (χ1n) is 48.9. The summed E-state index contributed by atoms with van der Waals surface area (Å²) >= 11 is 0. The monoisotopic (exact) mass is 1650 g/mol. The van der Waals surface area contributed by atoms with Gasteiger partial charge in [0, 0.05) is 127 Å². The molecule has 8 aromatic carbocycles. The second kappa shape index (κ2) is 34.0. The molecule has 0 radical (unpaired) electrons. The number of hydrogen-bond acceptors (Lipinski definition) is 8. The van der Waals surface area contributed by atoms with Crippen molar-refractivity contribution in [2.45, 2.75) is 164 Å². The number of fused-ring (bicyclic) bond motifs is 20. The van der Waals surface area contributed by atoms with E-state index in [1.54, 1.807) is 0 Å². The standard InChI is InChI=1S/C30H31N2O.C29H29N2O.C28H27N2O.C26H25N2O/c1-19-13-14-25-28-24-12-8-7-11-23(24)20(2)31-30(28)33-29(25)27(19)26-18-22(15-16-32(26)3)17-21-9-5-4-6-10-21;1-19-12-13-24-27-23-11-7-6-10-22(23)18-30-29(27)32-28(24)26(19)25-17-21(14-15-31(25)2)16-20-8-4-3-5-9-20;1-18-11-12-23-26-22-10-6-5-9-21(22)17-29-28(26)31-27(23)25(18)24-16-20(13-14-30(24)2)15-19-7-3-4-8-19;1-16(2)13-18-11-12-28(4)22(14-18)23-17(3)9-10-21-24-20-8-6-5-7-19(20)15-27-26(24)29-25(21)23/h7-8,11-16,18,21H,4-6,9-10,17H2,1-3H3;6-7,10-15,17-18,20H,3-5,8-9,16H2,1-2H3;5-6,9-14,16-17,19H,3-4,7-8,15H2,1-2H3;5-12,14-16H,13H2,1-4H3/q4*+1/i17D2;16D2;15D2;13D2. The molecular formula is C113H112N8O4+4. The van der Waals surface area contributed by atoms with Gasteiger partial charge in [0.05, 0.1) is 43.8 Å². The van der Waals surface area contributed by atoms with E-state index >= 15 is 0 Å². The van der Waals surface area contributed by atoms with E-state index in [2.05, 4.69) is 159 Å². The molecule has 0 spiro atoms. The minimum atomic E-state index is -1.42. The van der Waals surface area contributed by atoms with Gasteiger partial charge in [-0.3, -0.25) is 0 Å². The van der Waals surface area contributed by atoms with E-state index in [0.717, 1.165) is 275 Å². The summed E-state index contributed by atoms with van der Waals surface area (Å²) in [5, 5.41) is 17.2. The van der Waals surface area contributed by atoms with Gasteiger partial charge in [-0.15, -0.1) is 0 Å². The van der Waals surface area contributed by atoms with Gasteiger partial charge in [0.2, 0.25) is 45.6 Å². The molecule has 0 aliphatic heterocycles. The third-order valence-electron chi connectivity index (χ3n) is 26.5. The van der Waals surface area contributed by atoms with Crippen LogP contribution in [0, 0.1) is 58.3 Å². The largest absolute Gasteiger partial charge is 0.437 e. The van der Waals surface area contributed by atoms with Gasteiger partial charge >= 0.3 is 0 Å². The highest BCUT2D eigenvalue weighted by molar-refractivity contribution is 6.23. The number of aryl methyl sites for hydroxylation is 9. The number of aromatic nitrogens is 8. The number of pyridine rings is 8. The molecule has 0 bridgehead atoms. The summed E-state index contributed by atoms with van der Waals surface area (Å²) < 4.78 is 105. The first-order valence-corrected chi connectivity index (χ1v) is 44.9. The molecule has 23 rings (SSSR count). The van der Waals surface area contributed by atoms with Crippen LogP contribution < -0.4 is 18.3 Å². The Morgan fingerprint density at radius 3 is 0.936 bits per heavy atom. The predicted octanol–water partition coefficient (Wildman–Crippen LogP) is 27.2. The Hall–Kier alpha value is -12.8. The van der Waals surface area contributed by atoms with Gasteiger partial charge < -0.3 is 17.7 Å². The molecule has 3 aliphatic carbocycles. The molecule has 0 atom stereocenters. The topological polar surface area (TPSA) is 120 Å². The Bertz CT molecular complexity index is 8010. The summed E-state index contributed by atoms with van der Waals surface area (Å²) in [4.78, 5) is 18.6. The number of hydrogen-bond donors (Lipinski definition) is 0. The highest BCUT2D eigenvalue weighted by Crippen LogP contribution is 2.46. The fourth-order valence-electron chi connectivity index (χ4n) is 20.0. The Labute approximate surface area is 742 Å². The lowest BCUT2D eigenvalue weighted by Crippen LogP contribution is -2.31. The van der Waals surface area contributed by atoms with Crippen LogP contribution in [0.4, 0.5) is 0 Å². The van der Waals surface area contributed by atoms with E-state index in [9.17, 15) is 0 Å². The van der Waals surface area contributed by atoms with Crippen molar-refractivity contribution in [1.82, 2.24) is 19.9 Å². The lowest BCUT2D eigenvalue weighted by Gasteiger charge is -2.21. The van der Waals surface area contributed by atoms with E-state index in [4.69, 9.17) is 33.6 Å². The van der Waals surface area contributed by atoms with Crippen LogP contribution in [-0.4, -0.2) is 19.9 Å². The van der Waals surface area contributed by atoms with E-state index in [-0.39, 0.29) is 23.7 Å². The highest BCUT2D eigenvalue weighted by atomic mass is 16.4. The summed E-state index contributed by atoms with van der Waals surface area (Å²) in [6, 6.07) is 65.9. The molecule has 12 heterocycles. The summed E-state index contributed by atoms with van der Waals surface area (Å²) in [5.41, 5.74) is 21.8. The molecule has 624 valence electrons. The van der Waals surface area contributed by atoms with Crippen LogP contribution in [0.15, 0.2) is 255 Å².